The number of aliphatic hydroxyl groups is 1. The summed E-state index contributed by atoms with van der Waals surface area (Å²) in [5.74, 6) is 0.581. The predicted octanol–water partition coefficient (Wildman–Crippen LogP) is 4.05. The SMILES string of the molecule is CC(CCO)Cc1ccccc1.CCCC. The highest BCUT2D eigenvalue weighted by Gasteiger charge is 2.01. The van der Waals surface area contributed by atoms with Crippen molar-refractivity contribution < 1.29 is 5.11 Å². The van der Waals surface area contributed by atoms with E-state index in [4.69, 9.17) is 5.11 Å². The minimum Gasteiger partial charge on any atom is -0.396 e. The summed E-state index contributed by atoms with van der Waals surface area (Å²) in [6, 6.07) is 10.4. The average Bonchev–Trinajstić information content (AvgIpc) is 2.31. The Hall–Kier alpha value is -0.820. The zero-order chi connectivity index (χ0) is 12.2. The molecule has 0 aliphatic heterocycles. The second-order valence-electron chi connectivity index (χ2n) is 4.31. The number of benzene rings is 1. The molecule has 92 valence electrons. The van der Waals surface area contributed by atoms with Crippen LogP contribution in [-0.2, 0) is 6.42 Å². The van der Waals surface area contributed by atoms with Gasteiger partial charge in [0, 0.05) is 6.61 Å². The summed E-state index contributed by atoms with van der Waals surface area (Å²) in [6.45, 7) is 6.83. The van der Waals surface area contributed by atoms with E-state index in [9.17, 15) is 0 Å². The average molecular weight is 222 g/mol. The molecule has 0 aromatic heterocycles. The molecule has 0 aliphatic rings. The molecule has 0 radical (unpaired) electrons. The van der Waals surface area contributed by atoms with E-state index in [1.165, 1.54) is 18.4 Å². The first-order chi connectivity index (χ1) is 7.74. The third kappa shape index (κ3) is 8.49. The van der Waals surface area contributed by atoms with Gasteiger partial charge >= 0.3 is 0 Å². The fourth-order valence-corrected chi connectivity index (χ4v) is 1.34. The van der Waals surface area contributed by atoms with E-state index in [-0.39, 0.29) is 0 Å². The van der Waals surface area contributed by atoms with Crippen molar-refractivity contribution >= 4 is 0 Å². The molecular weight excluding hydrogens is 196 g/mol. The lowest BCUT2D eigenvalue weighted by atomic mass is 9.99. The van der Waals surface area contributed by atoms with Crippen LogP contribution in [0.3, 0.4) is 0 Å². The molecule has 0 bridgehead atoms. The highest BCUT2D eigenvalue weighted by Crippen LogP contribution is 2.10. The van der Waals surface area contributed by atoms with Crippen molar-refractivity contribution in [2.75, 3.05) is 6.61 Å². The molecule has 0 fully saturated rings. The molecule has 1 aromatic carbocycles. The van der Waals surface area contributed by atoms with Gasteiger partial charge in [0.05, 0.1) is 0 Å². The summed E-state index contributed by atoms with van der Waals surface area (Å²) in [5, 5.41) is 8.71. The second-order valence-corrected chi connectivity index (χ2v) is 4.31. The zero-order valence-electron chi connectivity index (χ0n) is 10.9. The van der Waals surface area contributed by atoms with Crippen molar-refractivity contribution in [3.63, 3.8) is 0 Å². The van der Waals surface area contributed by atoms with Gasteiger partial charge in [0.25, 0.3) is 0 Å². The molecule has 0 heterocycles. The topological polar surface area (TPSA) is 20.2 Å². The Labute approximate surface area is 101 Å². The molecule has 0 saturated carbocycles. The molecule has 1 atom stereocenters. The van der Waals surface area contributed by atoms with Gasteiger partial charge in [-0.05, 0) is 24.3 Å². The number of unbranched alkanes of at least 4 members (excludes halogenated alkanes) is 1. The maximum atomic E-state index is 8.71. The fourth-order valence-electron chi connectivity index (χ4n) is 1.34. The van der Waals surface area contributed by atoms with Crippen LogP contribution in [0.4, 0.5) is 0 Å². The minimum absolute atomic E-state index is 0.300. The third-order valence-electron chi connectivity index (χ3n) is 2.55. The van der Waals surface area contributed by atoms with E-state index in [2.05, 4.69) is 45.0 Å². The Morgan fingerprint density at radius 1 is 1.06 bits per heavy atom. The summed E-state index contributed by atoms with van der Waals surface area (Å²) in [4.78, 5) is 0. The smallest absolute Gasteiger partial charge is 0.0433 e. The molecule has 0 spiro atoms. The van der Waals surface area contributed by atoms with Crippen molar-refractivity contribution in [3.8, 4) is 0 Å². The van der Waals surface area contributed by atoms with Crippen molar-refractivity contribution in [3.05, 3.63) is 35.9 Å². The number of hydrogen-bond acceptors (Lipinski definition) is 1. The highest BCUT2D eigenvalue weighted by molar-refractivity contribution is 5.14. The van der Waals surface area contributed by atoms with E-state index < -0.39 is 0 Å². The van der Waals surface area contributed by atoms with Crippen LogP contribution in [0.2, 0.25) is 0 Å². The minimum atomic E-state index is 0.300. The van der Waals surface area contributed by atoms with Crippen LogP contribution >= 0.6 is 0 Å². The Bertz CT molecular complexity index is 228. The van der Waals surface area contributed by atoms with Crippen LogP contribution in [0, 0.1) is 5.92 Å². The first kappa shape index (κ1) is 15.2. The van der Waals surface area contributed by atoms with E-state index in [1.54, 1.807) is 0 Å². The first-order valence-corrected chi connectivity index (χ1v) is 6.39. The number of rotatable bonds is 5. The summed E-state index contributed by atoms with van der Waals surface area (Å²) in [6.07, 6.45) is 4.61. The lowest BCUT2D eigenvalue weighted by Gasteiger charge is -2.08. The molecule has 1 aromatic rings. The Morgan fingerprint density at radius 3 is 2.06 bits per heavy atom. The summed E-state index contributed by atoms with van der Waals surface area (Å²) >= 11 is 0. The quantitative estimate of drug-likeness (QED) is 0.796. The van der Waals surface area contributed by atoms with E-state index in [1.807, 2.05) is 6.07 Å². The van der Waals surface area contributed by atoms with Gasteiger partial charge in [0.15, 0.2) is 0 Å². The van der Waals surface area contributed by atoms with Crippen molar-refractivity contribution in [2.45, 2.75) is 46.5 Å². The van der Waals surface area contributed by atoms with Gasteiger partial charge in [-0.1, -0.05) is 63.9 Å². The number of aliphatic hydroxyl groups excluding tert-OH is 1. The van der Waals surface area contributed by atoms with Crippen molar-refractivity contribution in [1.82, 2.24) is 0 Å². The van der Waals surface area contributed by atoms with Gasteiger partial charge in [-0.15, -0.1) is 0 Å². The van der Waals surface area contributed by atoms with Crippen LogP contribution < -0.4 is 0 Å². The Kier molecular flexibility index (Phi) is 10.1. The van der Waals surface area contributed by atoms with Crippen LogP contribution in [0.25, 0.3) is 0 Å². The van der Waals surface area contributed by atoms with Gasteiger partial charge < -0.3 is 5.11 Å². The van der Waals surface area contributed by atoms with Gasteiger partial charge in [-0.3, -0.25) is 0 Å². The standard InChI is InChI=1S/C11H16O.C4H10/c1-10(7-8-12)9-11-5-3-2-4-6-11;1-3-4-2/h2-6,10,12H,7-9H2,1H3;3-4H2,1-2H3. The fraction of sp³-hybridized carbons (Fsp3) is 0.600. The molecule has 1 N–H and O–H groups in total. The summed E-state index contributed by atoms with van der Waals surface area (Å²) in [5.41, 5.74) is 1.36. The van der Waals surface area contributed by atoms with Crippen molar-refractivity contribution in [2.24, 2.45) is 5.92 Å². The van der Waals surface area contributed by atoms with E-state index in [0.29, 0.717) is 12.5 Å². The monoisotopic (exact) mass is 222 g/mol. The van der Waals surface area contributed by atoms with Crippen LogP contribution in [0.1, 0.15) is 45.6 Å². The molecule has 0 amide bonds. The van der Waals surface area contributed by atoms with Crippen LogP contribution in [0.5, 0.6) is 0 Å². The number of hydrogen-bond donors (Lipinski definition) is 1. The summed E-state index contributed by atoms with van der Waals surface area (Å²) in [7, 11) is 0. The lowest BCUT2D eigenvalue weighted by Crippen LogP contribution is -2.01. The normalized spacial score (nSPS) is 11.5. The third-order valence-corrected chi connectivity index (χ3v) is 2.55. The van der Waals surface area contributed by atoms with Crippen molar-refractivity contribution in [1.29, 1.82) is 0 Å². The molecule has 1 unspecified atom stereocenters. The van der Waals surface area contributed by atoms with Gasteiger partial charge in [-0.2, -0.15) is 0 Å². The second kappa shape index (κ2) is 10.7. The largest absolute Gasteiger partial charge is 0.396 e. The Morgan fingerprint density at radius 2 is 1.62 bits per heavy atom. The zero-order valence-corrected chi connectivity index (χ0v) is 10.9. The maximum absolute atomic E-state index is 8.71. The lowest BCUT2D eigenvalue weighted by molar-refractivity contribution is 0.262. The maximum Gasteiger partial charge on any atom is 0.0433 e. The highest BCUT2D eigenvalue weighted by atomic mass is 16.3. The summed E-state index contributed by atoms with van der Waals surface area (Å²) < 4.78 is 0. The van der Waals surface area contributed by atoms with E-state index >= 15 is 0 Å². The van der Waals surface area contributed by atoms with Gasteiger partial charge in [0.2, 0.25) is 0 Å². The van der Waals surface area contributed by atoms with Crippen LogP contribution in [-0.4, -0.2) is 11.7 Å². The van der Waals surface area contributed by atoms with Gasteiger partial charge in [-0.25, -0.2) is 0 Å². The molecule has 16 heavy (non-hydrogen) atoms. The molecular formula is C15H26O. The first-order valence-electron chi connectivity index (χ1n) is 6.39. The van der Waals surface area contributed by atoms with Gasteiger partial charge in [0.1, 0.15) is 0 Å². The molecule has 1 heteroatoms. The van der Waals surface area contributed by atoms with Crippen LogP contribution in [0.15, 0.2) is 30.3 Å². The Balaban J connectivity index is 0.000000487. The molecule has 1 rings (SSSR count). The molecule has 0 saturated heterocycles. The molecule has 0 aliphatic carbocycles. The predicted molar refractivity (Wildman–Crippen MR) is 71.6 cm³/mol. The van der Waals surface area contributed by atoms with E-state index in [0.717, 1.165) is 12.8 Å². The molecule has 1 nitrogen and oxygen atoms in total.